The molecular formula is C10H10ClN3OS. The molecule has 0 saturated carbocycles. The highest BCUT2D eigenvalue weighted by Gasteiger charge is 2.22. The standard InChI is InChI=1S/C10H10ClN3OS/c11-7-2-1-3-8(6-7)13-9(15)14-5-4-12-10(14)16/h1-3,6H,4-5H2,(H,12,16)(H,13,15). The lowest BCUT2D eigenvalue weighted by Crippen LogP contribution is -2.37. The van der Waals surface area contributed by atoms with Crippen molar-refractivity contribution in [3.63, 3.8) is 0 Å². The van der Waals surface area contributed by atoms with Gasteiger partial charge in [0.1, 0.15) is 0 Å². The van der Waals surface area contributed by atoms with Crippen LogP contribution in [0, 0.1) is 0 Å². The Morgan fingerprint density at radius 1 is 1.56 bits per heavy atom. The van der Waals surface area contributed by atoms with Crippen LogP contribution in [0.4, 0.5) is 10.5 Å². The number of urea groups is 1. The monoisotopic (exact) mass is 255 g/mol. The molecule has 1 aromatic rings. The number of carbonyl (C=O) groups is 1. The molecule has 6 heteroatoms. The van der Waals surface area contributed by atoms with Gasteiger partial charge in [-0.15, -0.1) is 0 Å². The topological polar surface area (TPSA) is 44.4 Å². The first-order valence-corrected chi connectivity index (χ1v) is 5.57. The lowest BCUT2D eigenvalue weighted by atomic mass is 10.3. The quantitative estimate of drug-likeness (QED) is 0.755. The van der Waals surface area contributed by atoms with Crippen molar-refractivity contribution in [3.8, 4) is 0 Å². The van der Waals surface area contributed by atoms with E-state index in [9.17, 15) is 4.79 Å². The van der Waals surface area contributed by atoms with E-state index < -0.39 is 0 Å². The Labute approximate surface area is 104 Å². The van der Waals surface area contributed by atoms with E-state index in [-0.39, 0.29) is 6.03 Å². The van der Waals surface area contributed by atoms with E-state index >= 15 is 0 Å². The Hall–Kier alpha value is -1.33. The van der Waals surface area contributed by atoms with Crippen molar-refractivity contribution >= 4 is 40.6 Å². The Balaban J connectivity index is 2.04. The molecule has 16 heavy (non-hydrogen) atoms. The second-order valence-corrected chi connectivity index (χ2v) is 4.15. The molecule has 0 radical (unpaired) electrons. The van der Waals surface area contributed by atoms with Gasteiger partial charge in [-0.05, 0) is 30.4 Å². The molecule has 0 spiro atoms. The maximum atomic E-state index is 11.8. The minimum absolute atomic E-state index is 0.239. The number of benzene rings is 1. The van der Waals surface area contributed by atoms with Gasteiger partial charge in [0, 0.05) is 23.8 Å². The Morgan fingerprint density at radius 2 is 2.38 bits per heavy atom. The van der Waals surface area contributed by atoms with Gasteiger partial charge in [-0.2, -0.15) is 0 Å². The molecule has 1 aromatic carbocycles. The fraction of sp³-hybridized carbons (Fsp3) is 0.200. The lowest BCUT2D eigenvalue weighted by Gasteiger charge is -2.15. The van der Waals surface area contributed by atoms with Crippen molar-refractivity contribution in [1.29, 1.82) is 0 Å². The van der Waals surface area contributed by atoms with Crippen LogP contribution in [0.1, 0.15) is 0 Å². The van der Waals surface area contributed by atoms with Gasteiger partial charge in [0.05, 0.1) is 0 Å². The molecule has 1 aliphatic rings. The van der Waals surface area contributed by atoms with E-state index in [4.69, 9.17) is 23.8 Å². The van der Waals surface area contributed by atoms with E-state index in [1.807, 2.05) is 0 Å². The zero-order valence-corrected chi connectivity index (χ0v) is 9.94. The summed E-state index contributed by atoms with van der Waals surface area (Å²) in [6, 6.07) is 6.75. The fourth-order valence-electron chi connectivity index (χ4n) is 1.42. The molecule has 0 aliphatic carbocycles. The maximum absolute atomic E-state index is 11.8. The van der Waals surface area contributed by atoms with Gasteiger partial charge in [0.2, 0.25) is 0 Å². The number of rotatable bonds is 1. The summed E-state index contributed by atoms with van der Waals surface area (Å²) in [6.45, 7) is 1.28. The molecule has 1 aliphatic heterocycles. The van der Waals surface area contributed by atoms with E-state index in [0.717, 1.165) is 0 Å². The predicted molar refractivity (Wildman–Crippen MR) is 67.8 cm³/mol. The smallest absolute Gasteiger partial charge is 0.328 e. The van der Waals surface area contributed by atoms with Crippen molar-refractivity contribution in [2.45, 2.75) is 0 Å². The van der Waals surface area contributed by atoms with Gasteiger partial charge in [0.15, 0.2) is 5.11 Å². The van der Waals surface area contributed by atoms with Crippen molar-refractivity contribution in [2.75, 3.05) is 18.4 Å². The average Bonchev–Trinajstić information content (AvgIpc) is 2.64. The molecule has 1 heterocycles. The summed E-state index contributed by atoms with van der Waals surface area (Å²) >= 11 is 10.8. The van der Waals surface area contributed by atoms with Crippen LogP contribution < -0.4 is 10.6 Å². The van der Waals surface area contributed by atoms with Crippen molar-refractivity contribution in [3.05, 3.63) is 29.3 Å². The normalized spacial score (nSPS) is 14.8. The second kappa shape index (κ2) is 4.67. The molecule has 2 amide bonds. The molecule has 0 aromatic heterocycles. The number of hydrogen-bond donors (Lipinski definition) is 2. The molecule has 4 nitrogen and oxygen atoms in total. The predicted octanol–water partition coefficient (Wildman–Crippen LogP) is 2.06. The van der Waals surface area contributed by atoms with Gasteiger partial charge in [-0.25, -0.2) is 4.79 Å². The van der Waals surface area contributed by atoms with Crippen LogP contribution in [-0.2, 0) is 0 Å². The van der Waals surface area contributed by atoms with Crippen LogP contribution in [0.2, 0.25) is 5.02 Å². The Morgan fingerprint density at radius 3 is 3.00 bits per heavy atom. The van der Waals surface area contributed by atoms with Gasteiger partial charge >= 0.3 is 6.03 Å². The van der Waals surface area contributed by atoms with E-state index in [0.29, 0.717) is 28.9 Å². The summed E-state index contributed by atoms with van der Waals surface area (Å²) in [4.78, 5) is 13.3. The molecule has 0 bridgehead atoms. The first-order chi connectivity index (χ1) is 7.66. The third kappa shape index (κ3) is 2.43. The van der Waals surface area contributed by atoms with Gasteiger partial charge < -0.3 is 10.6 Å². The number of carbonyl (C=O) groups excluding carboxylic acids is 1. The third-order valence-electron chi connectivity index (χ3n) is 2.18. The number of hydrogen-bond acceptors (Lipinski definition) is 2. The number of amides is 2. The maximum Gasteiger partial charge on any atom is 0.328 e. The highest BCUT2D eigenvalue weighted by molar-refractivity contribution is 7.80. The summed E-state index contributed by atoms with van der Waals surface area (Å²) in [5.41, 5.74) is 0.659. The molecule has 2 rings (SSSR count). The van der Waals surface area contributed by atoms with Crippen LogP contribution in [-0.4, -0.2) is 29.1 Å². The van der Waals surface area contributed by atoms with Gasteiger partial charge in [-0.1, -0.05) is 17.7 Å². The van der Waals surface area contributed by atoms with Crippen LogP contribution in [0.25, 0.3) is 0 Å². The van der Waals surface area contributed by atoms with E-state index in [1.165, 1.54) is 4.90 Å². The fourth-order valence-corrected chi connectivity index (χ4v) is 1.89. The average molecular weight is 256 g/mol. The minimum atomic E-state index is -0.239. The summed E-state index contributed by atoms with van der Waals surface area (Å²) in [6.07, 6.45) is 0. The summed E-state index contributed by atoms with van der Waals surface area (Å²) in [7, 11) is 0. The van der Waals surface area contributed by atoms with E-state index in [1.54, 1.807) is 24.3 Å². The second-order valence-electron chi connectivity index (χ2n) is 3.32. The Kier molecular flexibility index (Phi) is 3.26. The van der Waals surface area contributed by atoms with Crippen LogP contribution in [0.15, 0.2) is 24.3 Å². The van der Waals surface area contributed by atoms with Crippen molar-refractivity contribution < 1.29 is 4.79 Å². The van der Waals surface area contributed by atoms with Crippen LogP contribution >= 0.6 is 23.8 Å². The number of halogens is 1. The highest BCUT2D eigenvalue weighted by Crippen LogP contribution is 2.15. The number of thiocarbonyl (C=S) groups is 1. The Bertz CT molecular complexity index is 438. The number of anilines is 1. The zero-order chi connectivity index (χ0) is 11.5. The summed E-state index contributed by atoms with van der Waals surface area (Å²) in [5.74, 6) is 0. The summed E-state index contributed by atoms with van der Waals surface area (Å²) < 4.78 is 0. The molecule has 1 fully saturated rings. The van der Waals surface area contributed by atoms with Gasteiger partial charge in [-0.3, -0.25) is 4.90 Å². The third-order valence-corrected chi connectivity index (χ3v) is 2.78. The number of nitrogens with zero attached hydrogens (tertiary/aromatic N) is 1. The molecular weight excluding hydrogens is 246 g/mol. The minimum Gasteiger partial charge on any atom is -0.360 e. The molecule has 84 valence electrons. The molecule has 2 N–H and O–H groups in total. The van der Waals surface area contributed by atoms with Crippen molar-refractivity contribution in [2.24, 2.45) is 0 Å². The largest absolute Gasteiger partial charge is 0.360 e. The summed E-state index contributed by atoms with van der Waals surface area (Å²) in [5, 5.41) is 6.69. The van der Waals surface area contributed by atoms with Crippen LogP contribution in [0.5, 0.6) is 0 Å². The molecule has 0 atom stereocenters. The number of nitrogens with one attached hydrogen (secondary N) is 2. The SMILES string of the molecule is O=C(Nc1cccc(Cl)c1)N1CCNC1=S. The van der Waals surface area contributed by atoms with E-state index in [2.05, 4.69) is 10.6 Å². The van der Waals surface area contributed by atoms with Crippen molar-refractivity contribution in [1.82, 2.24) is 10.2 Å². The van der Waals surface area contributed by atoms with Gasteiger partial charge in [0.25, 0.3) is 0 Å². The molecule has 1 saturated heterocycles. The van der Waals surface area contributed by atoms with Crippen LogP contribution in [0.3, 0.4) is 0 Å². The first kappa shape index (κ1) is 11.2. The first-order valence-electron chi connectivity index (χ1n) is 4.79. The lowest BCUT2D eigenvalue weighted by molar-refractivity contribution is 0.237. The molecule has 0 unspecified atom stereocenters. The zero-order valence-electron chi connectivity index (χ0n) is 8.37. The highest BCUT2D eigenvalue weighted by atomic mass is 35.5.